The molecule has 102 valence electrons. The molecule has 2 aromatic heterocycles. The third kappa shape index (κ3) is 2.20. The van der Waals surface area contributed by atoms with Crippen molar-refractivity contribution in [2.45, 2.75) is 6.18 Å². The average molecular weight is 299 g/mol. The molecule has 0 saturated carbocycles. The van der Waals surface area contributed by atoms with Crippen LogP contribution in [0.2, 0.25) is 5.28 Å². The predicted molar refractivity (Wildman–Crippen MR) is 67.1 cm³/mol. The molecule has 0 atom stereocenters. The van der Waals surface area contributed by atoms with Gasteiger partial charge in [-0.25, -0.2) is 4.98 Å². The van der Waals surface area contributed by atoms with Crippen molar-refractivity contribution in [2.24, 2.45) is 0 Å². The zero-order chi connectivity index (χ0) is 14.3. The van der Waals surface area contributed by atoms with Gasteiger partial charge >= 0.3 is 6.18 Å². The fourth-order valence-electron chi connectivity index (χ4n) is 1.87. The summed E-state index contributed by atoms with van der Waals surface area (Å²) in [6.45, 7) is 0. The lowest BCUT2D eigenvalue weighted by molar-refractivity contribution is -0.137. The first-order valence-corrected chi connectivity index (χ1v) is 5.87. The molecule has 20 heavy (non-hydrogen) atoms. The van der Waals surface area contributed by atoms with Gasteiger partial charge in [-0.05, 0) is 23.7 Å². The quantitative estimate of drug-likeness (QED) is 0.697. The zero-order valence-corrected chi connectivity index (χ0v) is 10.5. The summed E-state index contributed by atoms with van der Waals surface area (Å²) >= 11 is 5.77. The summed E-state index contributed by atoms with van der Waals surface area (Å²) in [6.07, 6.45) is -2.97. The van der Waals surface area contributed by atoms with Crippen molar-refractivity contribution >= 4 is 22.6 Å². The molecule has 2 heterocycles. The van der Waals surface area contributed by atoms with Gasteiger partial charge in [-0.15, -0.1) is 0 Å². The van der Waals surface area contributed by atoms with Crippen LogP contribution in [0.15, 0.2) is 30.5 Å². The summed E-state index contributed by atoms with van der Waals surface area (Å²) < 4.78 is 38.2. The summed E-state index contributed by atoms with van der Waals surface area (Å²) in [5.74, 6) is 0. The first-order valence-electron chi connectivity index (χ1n) is 5.49. The molecule has 0 saturated heterocycles. The van der Waals surface area contributed by atoms with E-state index in [1.54, 1.807) is 0 Å². The van der Waals surface area contributed by atoms with Crippen molar-refractivity contribution in [3.63, 3.8) is 0 Å². The van der Waals surface area contributed by atoms with Crippen LogP contribution in [0.1, 0.15) is 5.56 Å². The van der Waals surface area contributed by atoms with Gasteiger partial charge in [0.05, 0.1) is 22.8 Å². The smallest absolute Gasteiger partial charge is 0.261 e. The number of aromatic nitrogens is 4. The molecule has 0 aliphatic heterocycles. The zero-order valence-electron chi connectivity index (χ0n) is 9.74. The van der Waals surface area contributed by atoms with E-state index in [4.69, 9.17) is 11.6 Å². The molecule has 1 N–H and O–H groups in total. The summed E-state index contributed by atoms with van der Waals surface area (Å²) in [5.41, 5.74) is 0.231. The van der Waals surface area contributed by atoms with Crippen LogP contribution in [-0.2, 0) is 6.18 Å². The summed E-state index contributed by atoms with van der Waals surface area (Å²) in [5, 5.41) is 6.85. The number of aromatic amines is 1. The third-order valence-corrected chi connectivity index (χ3v) is 2.91. The molecular weight excluding hydrogens is 293 g/mol. The molecule has 8 heteroatoms. The van der Waals surface area contributed by atoms with Crippen LogP contribution in [0.5, 0.6) is 0 Å². The molecule has 1 aromatic carbocycles. The monoisotopic (exact) mass is 298 g/mol. The number of benzene rings is 1. The van der Waals surface area contributed by atoms with Gasteiger partial charge in [-0.3, -0.25) is 5.10 Å². The van der Waals surface area contributed by atoms with Crippen molar-refractivity contribution < 1.29 is 13.2 Å². The maximum absolute atomic E-state index is 12.7. The van der Waals surface area contributed by atoms with Crippen molar-refractivity contribution in [2.75, 3.05) is 0 Å². The molecule has 0 unspecified atom stereocenters. The summed E-state index contributed by atoms with van der Waals surface area (Å²) in [4.78, 5) is 7.90. The van der Waals surface area contributed by atoms with Crippen molar-refractivity contribution in [1.29, 1.82) is 0 Å². The Morgan fingerprint density at radius 2 is 1.95 bits per heavy atom. The Morgan fingerprint density at radius 3 is 2.70 bits per heavy atom. The minimum atomic E-state index is -4.41. The van der Waals surface area contributed by atoms with Crippen molar-refractivity contribution in [3.8, 4) is 11.3 Å². The Kier molecular flexibility index (Phi) is 2.86. The number of alkyl halides is 3. The molecule has 0 aliphatic carbocycles. The van der Waals surface area contributed by atoms with Crippen molar-refractivity contribution in [3.05, 3.63) is 41.3 Å². The third-order valence-electron chi connectivity index (χ3n) is 2.75. The Bertz CT molecular complexity index is 782. The normalized spacial score (nSPS) is 12.0. The Labute approximate surface area is 115 Å². The van der Waals surface area contributed by atoms with E-state index in [2.05, 4.69) is 20.2 Å². The number of fused-ring (bicyclic) bond motifs is 1. The van der Waals surface area contributed by atoms with Crippen LogP contribution >= 0.6 is 11.6 Å². The van der Waals surface area contributed by atoms with Crippen LogP contribution in [0.3, 0.4) is 0 Å². The summed E-state index contributed by atoms with van der Waals surface area (Å²) in [7, 11) is 0. The van der Waals surface area contributed by atoms with Gasteiger partial charge in [0.1, 0.15) is 0 Å². The fraction of sp³-hybridized carbons (Fsp3) is 0.0833. The minimum Gasteiger partial charge on any atom is -0.261 e. The molecule has 0 amide bonds. The van der Waals surface area contributed by atoms with Crippen LogP contribution in [-0.4, -0.2) is 20.2 Å². The average Bonchev–Trinajstić information content (AvgIpc) is 2.85. The molecule has 3 rings (SSSR count). The first-order chi connectivity index (χ1) is 9.45. The SMILES string of the molecule is FC(F)(F)c1cccc(-c2nc(Cl)nc3[nH]ncc23)c1. The number of hydrogen-bond donors (Lipinski definition) is 1. The Morgan fingerprint density at radius 1 is 1.15 bits per heavy atom. The fourth-order valence-corrected chi connectivity index (χ4v) is 2.04. The van der Waals surface area contributed by atoms with Gasteiger partial charge in [-0.1, -0.05) is 12.1 Å². The maximum Gasteiger partial charge on any atom is 0.416 e. The highest BCUT2D eigenvalue weighted by molar-refractivity contribution is 6.28. The van der Waals surface area contributed by atoms with Crippen LogP contribution in [0, 0.1) is 0 Å². The van der Waals surface area contributed by atoms with E-state index >= 15 is 0 Å². The van der Waals surface area contributed by atoms with Gasteiger partial charge in [0.15, 0.2) is 5.65 Å². The van der Waals surface area contributed by atoms with E-state index < -0.39 is 11.7 Å². The molecule has 0 aliphatic rings. The van der Waals surface area contributed by atoms with E-state index in [0.717, 1.165) is 12.1 Å². The van der Waals surface area contributed by atoms with E-state index in [-0.39, 0.29) is 5.28 Å². The van der Waals surface area contributed by atoms with Crippen LogP contribution in [0.25, 0.3) is 22.3 Å². The van der Waals surface area contributed by atoms with E-state index in [0.29, 0.717) is 22.3 Å². The first kappa shape index (κ1) is 12.9. The van der Waals surface area contributed by atoms with Crippen LogP contribution in [0.4, 0.5) is 13.2 Å². The molecule has 3 aromatic rings. The van der Waals surface area contributed by atoms with Gasteiger partial charge < -0.3 is 0 Å². The molecule has 0 radical (unpaired) electrons. The van der Waals surface area contributed by atoms with Gasteiger partial charge in [-0.2, -0.15) is 23.3 Å². The molecule has 4 nitrogen and oxygen atoms in total. The second kappa shape index (κ2) is 4.45. The standard InChI is InChI=1S/C12H6ClF3N4/c13-11-18-9(8-5-17-20-10(8)19-11)6-2-1-3-7(4-6)12(14,15)16/h1-5H,(H,17,18,19,20). The second-order valence-electron chi connectivity index (χ2n) is 4.05. The minimum absolute atomic E-state index is 0.0610. The van der Waals surface area contributed by atoms with E-state index in [9.17, 15) is 13.2 Å². The lowest BCUT2D eigenvalue weighted by Gasteiger charge is -2.09. The number of nitrogens with one attached hydrogen (secondary N) is 1. The van der Waals surface area contributed by atoms with Gasteiger partial charge in [0, 0.05) is 5.56 Å². The lowest BCUT2D eigenvalue weighted by Crippen LogP contribution is -2.04. The molecular formula is C12H6ClF3N4. The molecule has 0 spiro atoms. The number of rotatable bonds is 1. The molecule has 0 bridgehead atoms. The number of halogens is 4. The van der Waals surface area contributed by atoms with Crippen molar-refractivity contribution in [1.82, 2.24) is 20.2 Å². The van der Waals surface area contributed by atoms with Gasteiger partial charge in [0.2, 0.25) is 5.28 Å². The largest absolute Gasteiger partial charge is 0.416 e. The highest BCUT2D eigenvalue weighted by atomic mass is 35.5. The van der Waals surface area contributed by atoms with Gasteiger partial charge in [0.25, 0.3) is 0 Å². The highest BCUT2D eigenvalue weighted by Gasteiger charge is 2.30. The topological polar surface area (TPSA) is 54.5 Å². The highest BCUT2D eigenvalue weighted by Crippen LogP contribution is 2.33. The second-order valence-corrected chi connectivity index (χ2v) is 4.39. The van der Waals surface area contributed by atoms with E-state index in [1.807, 2.05) is 0 Å². The number of nitrogens with zero attached hydrogens (tertiary/aromatic N) is 3. The lowest BCUT2D eigenvalue weighted by atomic mass is 10.1. The number of H-pyrrole nitrogens is 1. The Balaban J connectivity index is 2.23. The molecule has 0 fully saturated rings. The maximum atomic E-state index is 12.7. The predicted octanol–water partition coefficient (Wildman–Crippen LogP) is 3.69. The number of hydrogen-bond acceptors (Lipinski definition) is 3. The van der Waals surface area contributed by atoms with E-state index in [1.165, 1.54) is 18.3 Å². The summed E-state index contributed by atoms with van der Waals surface area (Å²) in [6, 6.07) is 4.87. The van der Waals surface area contributed by atoms with Crippen LogP contribution < -0.4 is 0 Å². The Hall–Kier alpha value is -2.15.